The van der Waals surface area contributed by atoms with Gasteiger partial charge in [-0.2, -0.15) is 0 Å². The fourth-order valence-corrected chi connectivity index (χ4v) is 0.475. The molecule has 0 aromatic carbocycles. The van der Waals surface area contributed by atoms with Gasteiger partial charge in [-0.15, -0.1) is 0 Å². The maximum absolute atomic E-state index is 10.5. The van der Waals surface area contributed by atoms with Gasteiger partial charge in [-0.3, -0.25) is 4.79 Å². The number of hydrogen-bond donors (Lipinski definition) is 2. The molecule has 0 unspecified atom stereocenters. The zero-order valence-corrected chi connectivity index (χ0v) is 9.19. The lowest BCUT2D eigenvalue weighted by Crippen LogP contribution is -2.29. The fraction of sp³-hybridized carbons (Fsp3) is 0.400. The third kappa shape index (κ3) is 19.0. The first-order valence-corrected chi connectivity index (χ1v) is 4.34. The number of nitrogens with zero attached hydrogens (tertiary/aromatic N) is 1. The van der Waals surface area contributed by atoms with E-state index in [0.717, 1.165) is 12.6 Å². The van der Waals surface area contributed by atoms with Crippen molar-refractivity contribution in [1.29, 1.82) is 0 Å². The number of rotatable bonds is 5. The second-order valence-corrected chi connectivity index (χ2v) is 2.84. The molecule has 5 heteroatoms. The van der Waals surface area contributed by atoms with E-state index in [-0.39, 0.29) is 5.91 Å². The Hall–Kier alpha value is -1.62. The standard InChI is InChI=1S/C7H14N2O.C3H4O2/c1-4-7(10)8-5-6-9(2)3;1-2-3(4)5/h4H,1,5-6H2,2-3H3,(H,8,10);2H,1H2,(H,4,5). The predicted molar refractivity (Wildman–Crippen MR) is 59.6 cm³/mol. The first-order chi connectivity index (χ1) is 6.93. The normalized spacial score (nSPS) is 8.47. The smallest absolute Gasteiger partial charge is 0.327 e. The molecule has 0 rings (SSSR count). The van der Waals surface area contributed by atoms with Crippen LogP contribution >= 0.6 is 0 Å². The van der Waals surface area contributed by atoms with Gasteiger partial charge in [0.1, 0.15) is 0 Å². The minimum atomic E-state index is -0.981. The zero-order chi connectivity index (χ0) is 12.3. The molecule has 15 heavy (non-hydrogen) atoms. The lowest BCUT2D eigenvalue weighted by molar-refractivity contribution is -0.131. The molecule has 0 bridgehead atoms. The van der Waals surface area contributed by atoms with Gasteiger partial charge in [-0.1, -0.05) is 13.2 Å². The number of amides is 1. The van der Waals surface area contributed by atoms with Crippen molar-refractivity contribution in [3.05, 3.63) is 25.3 Å². The Balaban J connectivity index is 0. The lowest BCUT2D eigenvalue weighted by atomic mass is 10.5. The number of hydrogen-bond acceptors (Lipinski definition) is 3. The van der Waals surface area contributed by atoms with E-state index in [1.54, 1.807) is 0 Å². The molecule has 0 aliphatic heterocycles. The number of carbonyl (C=O) groups excluding carboxylic acids is 1. The maximum Gasteiger partial charge on any atom is 0.327 e. The summed E-state index contributed by atoms with van der Waals surface area (Å²) < 4.78 is 0. The maximum atomic E-state index is 10.5. The summed E-state index contributed by atoms with van der Waals surface area (Å²) in [6.45, 7) is 7.83. The van der Waals surface area contributed by atoms with Gasteiger partial charge in [0.05, 0.1) is 0 Å². The molecule has 0 heterocycles. The minimum absolute atomic E-state index is 0.109. The van der Waals surface area contributed by atoms with E-state index in [4.69, 9.17) is 5.11 Å². The summed E-state index contributed by atoms with van der Waals surface area (Å²) >= 11 is 0. The van der Waals surface area contributed by atoms with Crippen LogP contribution in [0.1, 0.15) is 0 Å². The molecule has 5 nitrogen and oxygen atoms in total. The van der Waals surface area contributed by atoms with Crippen LogP contribution in [0.3, 0.4) is 0 Å². The third-order valence-electron chi connectivity index (χ3n) is 1.22. The highest BCUT2D eigenvalue weighted by atomic mass is 16.4. The van der Waals surface area contributed by atoms with Crippen LogP contribution in [0.25, 0.3) is 0 Å². The van der Waals surface area contributed by atoms with Crippen molar-refractivity contribution in [2.75, 3.05) is 27.2 Å². The summed E-state index contributed by atoms with van der Waals surface area (Å²) in [5, 5.41) is 10.3. The van der Waals surface area contributed by atoms with Crippen molar-refractivity contribution >= 4 is 11.9 Å². The molecular formula is C10H18N2O3. The zero-order valence-electron chi connectivity index (χ0n) is 9.19. The molecule has 0 radical (unpaired) electrons. The number of likely N-dealkylation sites (N-methyl/N-ethyl adjacent to an activating group) is 1. The molecule has 86 valence electrons. The van der Waals surface area contributed by atoms with Gasteiger partial charge in [-0.05, 0) is 20.2 Å². The van der Waals surface area contributed by atoms with Gasteiger partial charge in [-0.25, -0.2) is 4.79 Å². The highest BCUT2D eigenvalue weighted by Crippen LogP contribution is 1.71. The van der Waals surface area contributed by atoms with E-state index in [1.807, 2.05) is 19.0 Å². The lowest BCUT2D eigenvalue weighted by Gasteiger charge is -2.08. The van der Waals surface area contributed by atoms with Gasteiger partial charge >= 0.3 is 5.97 Å². The van der Waals surface area contributed by atoms with E-state index >= 15 is 0 Å². The number of carboxylic acid groups (broad SMARTS) is 1. The fourth-order valence-electron chi connectivity index (χ4n) is 0.475. The molecule has 0 aliphatic carbocycles. The van der Waals surface area contributed by atoms with E-state index < -0.39 is 5.97 Å². The van der Waals surface area contributed by atoms with E-state index in [0.29, 0.717) is 6.54 Å². The molecule has 0 atom stereocenters. The van der Waals surface area contributed by atoms with Crippen LogP contribution in [0.2, 0.25) is 0 Å². The molecular weight excluding hydrogens is 196 g/mol. The number of carbonyl (C=O) groups is 2. The largest absolute Gasteiger partial charge is 0.478 e. The second kappa shape index (κ2) is 10.5. The molecule has 0 fully saturated rings. The number of aliphatic carboxylic acids is 1. The van der Waals surface area contributed by atoms with Crippen molar-refractivity contribution < 1.29 is 14.7 Å². The molecule has 0 aliphatic rings. The summed E-state index contributed by atoms with van der Waals surface area (Å²) in [5.74, 6) is -1.09. The van der Waals surface area contributed by atoms with Crippen molar-refractivity contribution in [1.82, 2.24) is 10.2 Å². The van der Waals surface area contributed by atoms with E-state index in [9.17, 15) is 9.59 Å². The first kappa shape index (κ1) is 15.8. The van der Waals surface area contributed by atoms with E-state index in [1.165, 1.54) is 6.08 Å². The van der Waals surface area contributed by atoms with Gasteiger partial charge < -0.3 is 15.3 Å². The second-order valence-electron chi connectivity index (χ2n) is 2.84. The molecule has 1 amide bonds. The van der Waals surface area contributed by atoms with Crippen molar-refractivity contribution in [3.8, 4) is 0 Å². The summed E-state index contributed by atoms with van der Waals surface area (Å²) in [5.41, 5.74) is 0. The summed E-state index contributed by atoms with van der Waals surface area (Å²) in [7, 11) is 3.92. The predicted octanol–water partition coefficient (Wildman–Crippen LogP) is 0.107. The minimum Gasteiger partial charge on any atom is -0.478 e. The van der Waals surface area contributed by atoms with Gasteiger partial charge in [0.15, 0.2) is 0 Å². The van der Waals surface area contributed by atoms with Crippen LogP contribution < -0.4 is 5.32 Å². The summed E-state index contributed by atoms with van der Waals surface area (Å²) in [6.07, 6.45) is 2.11. The molecule has 0 aromatic heterocycles. The average molecular weight is 214 g/mol. The Morgan fingerprint density at radius 2 is 1.80 bits per heavy atom. The Bertz CT molecular complexity index is 225. The van der Waals surface area contributed by atoms with E-state index in [2.05, 4.69) is 18.5 Å². The monoisotopic (exact) mass is 214 g/mol. The van der Waals surface area contributed by atoms with Crippen molar-refractivity contribution in [3.63, 3.8) is 0 Å². The number of nitrogens with one attached hydrogen (secondary N) is 1. The molecule has 0 saturated carbocycles. The quantitative estimate of drug-likeness (QED) is 0.637. The third-order valence-corrected chi connectivity index (χ3v) is 1.22. The summed E-state index contributed by atoms with van der Waals surface area (Å²) in [4.78, 5) is 21.8. The Kier molecular flexibility index (Phi) is 11.0. The highest BCUT2D eigenvalue weighted by molar-refractivity contribution is 5.86. The molecule has 2 N–H and O–H groups in total. The average Bonchev–Trinajstić information content (AvgIpc) is 2.17. The van der Waals surface area contributed by atoms with Crippen LogP contribution in [0, 0.1) is 0 Å². The van der Waals surface area contributed by atoms with Gasteiger partial charge in [0.2, 0.25) is 5.91 Å². The molecule has 0 aromatic rings. The topological polar surface area (TPSA) is 69.6 Å². The Labute approximate surface area is 90.1 Å². The molecule has 0 saturated heterocycles. The molecule has 0 spiro atoms. The Morgan fingerprint density at radius 3 is 2.07 bits per heavy atom. The van der Waals surface area contributed by atoms with Crippen LogP contribution in [0.5, 0.6) is 0 Å². The van der Waals surface area contributed by atoms with Crippen LogP contribution in [0.15, 0.2) is 25.3 Å². The van der Waals surface area contributed by atoms with Crippen LogP contribution in [-0.2, 0) is 9.59 Å². The van der Waals surface area contributed by atoms with Crippen molar-refractivity contribution in [2.45, 2.75) is 0 Å². The van der Waals surface area contributed by atoms with Gasteiger partial charge in [0.25, 0.3) is 0 Å². The van der Waals surface area contributed by atoms with Crippen LogP contribution in [0.4, 0.5) is 0 Å². The van der Waals surface area contributed by atoms with Crippen LogP contribution in [-0.4, -0.2) is 49.1 Å². The van der Waals surface area contributed by atoms with Crippen molar-refractivity contribution in [2.24, 2.45) is 0 Å². The van der Waals surface area contributed by atoms with Gasteiger partial charge in [0, 0.05) is 19.2 Å². The SMILES string of the molecule is C=CC(=O)NCCN(C)C.C=CC(=O)O. The number of carboxylic acids is 1. The summed E-state index contributed by atoms with van der Waals surface area (Å²) in [6, 6.07) is 0. The Morgan fingerprint density at radius 1 is 1.33 bits per heavy atom. The highest BCUT2D eigenvalue weighted by Gasteiger charge is 1.92. The first-order valence-electron chi connectivity index (χ1n) is 4.34.